The van der Waals surface area contributed by atoms with E-state index in [0.717, 1.165) is 12.1 Å². The van der Waals surface area contributed by atoms with Crippen LogP contribution in [0, 0.1) is 0 Å². The highest BCUT2D eigenvalue weighted by Gasteiger charge is 2.21. The maximum Gasteiger partial charge on any atom is 0.338 e. The smallest absolute Gasteiger partial charge is 0.338 e. The van der Waals surface area contributed by atoms with Crippen LogP contribution in [0.15, 0.2) is 48.5 Å². The maximum absolute atomic E-state index is 12.2. The predicted octanol–water partition coefficient (Wildman–Crippen LogP) is 3.25. The summed E-state index contributed by atoms with van der Waals surface area (Å²) in [6.45, 7) is 2.78. The van der Waals surface area contributed by atoms with Crippen LogP contribution in [0.25, 0.3) is 0 Å². The average Bonchev–Trinajstić information content (AvgIpc) is 3.12. The zero-order valence-electron chi connectivity index (χ0n) is 15.1. The number of hydrogen-bond donors (Lipinski definition) is 0. The van der Waals surface area contributed by atoms with E-state index in [1.807, 2.05) is 6.92 Å². The zero-order chi connectivity index (χ0) is 19.2. The monoisotopic (exact) mass is 367 g/mol. The molecule has 0 aromatic heterocycles. The molecule has 1 amide bonds. The van der Waals surface area contributed by atoms with Crippen molar-refractivity contribution in [3.8, 4) is 5.75 Å². The molecule has 2 aromatic rings. The second-order valence-corrected chi connectivity index (χ2v) is 6.15. The van der Waals surface area contributed by atoms with Gasteiger partial charge in [0.2, 0.25) is 5.91 Å². The molecule has 1 fully saturated rings. The Kier molecular flexibility index (Phi) is 5.86. The van der Waals surface area contributed by atoms with Crippen LogP contribution in [0.5, 0.6) is 5.75 Å². The molecule has 6 nitrogen and oxygen atoms in total. The van der Waals surface area contributed by atoms with Crippen molar-refractivity contribution < 1.29 is 23.9 Å². The molecule has 0 bridgehead atoms. The van der Waals surface area contributed by atoms with E-state index in [0.29, 0.717) is 36.4 Å². The Labute approximate surface area is 157 Å². The molecule has 6 heteroatoms. The predicted molar refractivity (Wildman–Crippen MR) is 100 cm³/mol. The first-order valence-electron chi connectivity index (χ1n) is 8.92. The molecule has 0 saturated carbocycles. The number of Topliss-reactive ketones (excluding diaryl/α,β-unsaturated/α-hetero) is 1. The molecule has 140 valence electrons. The van der Waals surface area contributed by atoms with E-state index in [4.69, 9.17) is 9.47 Å². The van der Waals surface area contributed by atoms with Crippen LogP contribution in [-0.2, 0) is 9.53 Å². The fraction of sp³-hybridized carbons (Fsp3) is 0.286. The van der Waals surface area contributed by atoms with Gasteiger partial charge in [-0.25, -0.2) is 4.79 Å². The van der Waals surface area contributed by atoms with Gasteiger partial charge in [-0.3, -0.25) is 9.59 Å². The van der Waals surface area contributed by atoms with Crippen LogP contribution in [0.1, 0.15) is 40.5 Å². The number of carbonyl (C=O) groups excluding carboxylic acids is 3. The first-order chi connectivity index (χ1) is 13.1. The van der Waals surface area contributed by atoms with Gasteiger partial charge in [-0.15, -0.1) is 0 Å². The highest BCUT2D eigenvalue weighted by atomic mass is 16.5. The van der Waals surface area contributed by atoms with Crippen LogP contribution < -0.4 is 9.64 Å². The first-order valence-corrected chi connectivity index (χ1v) is 8.92. The molecule has 3 rings (SSSR count). The third kappa shape index (κ3) is 4.53. The van der Waals surface area contributed by atoms with Gasteiger partial charge in [-0.1, -0.05) is 0 Å². The average molecular weight is 367 g/mol. The SMILES string of the molecule is CCOc1ccc(C(=O)OCC(=O)c2ccc(N3CCCC3=O)cc2)cc1. The molecule has 1 aliphatic heterocycles. The highest BCUT2D eigenvalue weighted by molar-refractivity contribution is 6.00. The number of benzene rings is 2. The normalized spacial score (nSPS) is 13.5. The van der Waals surface area contributed by atoms with Crippen molar-refractivity contribution in [2.24, 2.45) is 0 Å². The molecule has 2 aromatic carbocycles. The summed E-state index contributed by atoms with van der Waals surface area (Å²) in [5.74, 6) is -0.0978. The standard InChI is InChI=1S/C21H21NO5/c1-2-26-18-11-7-16(8-12-18)21(25)27-14-19(23)15-5-9-17(10-6-15)22-13-3-4-20(22)24/h5-12H,2-4,13-14H2,1H3. The molecular weight excluding hydrogens is 346 g/mol. The van der Waals surface area contributed by atoms with E-state index in [9.17, 15) is 14.4 Å². The Balaban J connectivity index is 1.55. The van der Waals surface area contributed by atoms with Gasteiger partial charge >= 0.3 is 5.97 Å². The van der Waals surface area contributed by atoms with Crippen molar-refractivity contribution in [3.05, 3.63) is 59.7 Å². The number of ether oxygens (including phenoxy) is 2. The number of hydrogen-bond acceptors (Lipinski definition) is 5. The van der Waals surface area contributed by atoms with Crippen LogP contribution in [0.4, 0.5) is 5.69 Å². The maximum atomic E-state index is 12.2. The number of esters is 1. The summed E-state index contributed by atoms with van der Waals surface area (Å²) in [5, 5.41) is 0. The van der Waals surface area contributed by atoms with Gasteiger partial charge in [-0.2, -0.15) is 0 Å². The van der Waals surface area contributed by atoms with E-state index >= 15 is 0 Å². The Morgan fingerprint density at radius 3 is 2.26 bits per heavy atom. The largest absolute Gasteiger partial charge is 0.494 e. The number of nitrogens with zero attached hydrogens (tertiary/aromatic N) is 1. The lowest BCUT2D eigenvalue weighted by Crippen LogP contribution is -2.23. The van der Waals surface area contributed by atoms with Gasteiger partial charge in [0.15, 0.2) is 12.4 Å². The minimum absolute atomic E-state index is 0.0957. The number of carbonyl (C=O) groups is 3. The van der Waals surface area contributed by atoms with Gasteiger partial charge in [0.05, 0.1) is 12.2 Å². The summed E-state index contributed by atoms with van der Waals surface area (Å²) < 4.78 is 10.4. The third-order valence-corrected chi connectivity index (χ3v) is 4.31. The van der Waals surface area contributed by atoms with Gasteiger partial charge in [0, 0.05) is 24.2 Å². The molecule has 0 N–H and O–H groups in total. The van der Waals surface area contributed by atoms with Crippen molar-refractivity contribution >= 4 is 23.3 Å². The third-order valence-electron chi connectivity index (χ3n) is 4.31. The van der Waals surface area contributed by atoms with Crippen LogP contribution in [-0.4, -0.2) is 37.4 Å². The molecule has 0 radical (unpaired) electrons. The quantitative estimate of drug-likeness (QED) is 0.555. The topological polar surface area (TPSA) is 72.9 Å². The molecule has 0 unspecified atom stereocenters. The molecule has 1 saturated heterocycles. The summed E-state index contributed by atoms with van der Waals surface area (Å²) in [5.41, 5.74) is 1.57. The first kappa shape index (κ1) is 18.6. The van der Waals surface area contributed by atoms with Crippen molar-refractivity contribution in [1.82, 2.24) is 0 Å². The lowest BCUT2D eigenvalue weighted by atomic mass is 10.1. The van der Waals surface area contributed by atoms with Crippen molar-refractivity contribution in [1.29, 1.82) is 0 Å². The number of rotatable bonds is 7. The highest BCUT2D eigenvalue weighted by Crippen LogP contribution is 2.21. The fourth-order valence-corrected chi connectivity index (χ4v) is 2.90. The molecule has 27 heavy (non-hydrogen) atoms. The van der Waals surface area contributed by atoms with Gasteiger partial charge < -0.3 is 14.4 Å². The van der Waals surface area contributed by atoms with E-state index in [1.165, 1.54) is 0 Å². The minimum atomic E-state index is -0.564. The lowest BCUT2D eigenvalue weighted by Gasteiger charge is -2.15. The van der Waals surface area contributed by atoms with E-state index in [-0.39, 0.29) is 18.3 Å². The Hall–Kier alpha value is -3.15. The zero-order valence-corrected chi connectivity index (χ0v) is 15.1. The fourth-order valence-electron chi connectivity index (χ4n) is 2.90. The van der Waals surface area contributed by atoms with Gasteiger partial charge in [-0.05, 0) is 61.9 Å². The molecule has 1 aliphatic rings. The second-order valence-electron chi connectivity index (χ2n) is 6.15. The Morgan fingerprint density at radius 1 is 1.00 bits per heavy atom. The number of anilines is 1. The summed E-state index contributed by atoms with van der Waals surface area (Å²) in [4.78, 5) is 37.8. The lowest BCUT2D eigenvalue weighted by molar-refractivity contribution is -0.117. The van der Waals surface area contributed by atoms with E-state index < -0.39 is 5.97 Å². The molecule has 0 spiro atoms. The summed E-state index contributed by atoms with van der Waals surface area (Å²) >= 11 is 0. The Bertz CT molecular complexity index is 827. The van der Waals surface area contributed by atoms with Crippen LogP contribution in [0.2, 0.25) is 0 Å². The molecular formula is C21H21NO5. The van der Waals surface area contributed by atoms with Crippen molar-refractivity contribution in [2.45, 2.75) is 19.8 Å². The molecule has 1 heterocycles. The Morgan fingerprint density at radius 2 is 1.67 bits per heavy atom. The summed E-state index contributed by atoms with van der Waals surface area (Å²) in [6.07, 6.45) is 1.41. The van der Waals surface area contributed by atoms with Gasteiger partial charge in [0.1, 0.15) is 5.75 Å². The number of amides is 1. The second kappa shape index (κ2) is 8.49. The van der Waals surface area contributed by atoms with Crippen LogP contribution in [0.3, 0.4) is 0 Å². The minimum Gasteiger partial charge on any atom is -0.494 e. The molecule has 0 atom stereocenters. The van der Waals surface area contributed by atoms with Crippen molar-refractivity contribution in [3.63, 3.8) is 0 Å². The summed E-state index contributed by atoms with van der Waals surface area (Å²) in [6, 6.07) is 13.3. The van der Waals surface area contributed by atoms with E-state index in [2.05, 4.69) is 0 Å². The van der Waals surface area contributed by atoms with E-state index in [1.54, 1.807) is 53.4 Å². The van der Waals surface area contributed by atoms with Gasteiger partial charge in [0.25, 0.3) is 0 Å². The number of ketones is 1. The molecule has 0 aliphatic carbocycles. The van der Waals surface area contributed by atoms with Crippen molar-refractivity contribution in [2.75, 3.05) is 24.7 Å². The summed E-state index contributed by atoms with van der Waals surface area (Å²) in [7, 11) is 0. The van der Waals surface area contributed by atoms with Crippen LogP contribution >= 0.6 is 0 Å².